The lowest BCUT2D eigenvalue weighted by atomic mass is 10.2. The van der Waals surface area contributed by atoms with Gasteiger partial charge in [0.25, 0.3) is 0 Å². The molecule has 2 rings (SSSR count). The van der Waals surface area contributed by atoms with E-state index in [9.17, 15) is 0 Å². The van der Waals surface area contributed by atoms with Gasteiger partial charge in [0.2, 0.25) is 0 Å². The first-order chi connectivity index (χ1) is 9.62. The molecule has 0 amide bonds. The zero-order valence-corrected chi connectivity index (χ0v) is 12.7. The Bertz CT molecular complexity index is 563. The van der Waals surface area contributed by atoms with E-state index in [1.54, 1.807) is 0 Å². The van der Waals surface area contributed by atoms with E-state index in [2.05, 4.69) is 45.8 Å². The summed E-state index contributed by atoms with van der Waals surface area (Å²) in [6.45, 7) is 6.97. The highest BCUT2D eigenvalue weighted by Gasteiger charge is 2.07. The maximum Gasteiger partial charge on any atom is 0.132 e. The van der Waals surface area contributed by atoms with E-state index in [0.29, 0.717) is 0 Å². The predicted molar refractivity (Wildman–Crippen MR) is 81.9 cm³/mol. The van der Waals surface area contributed by atoms with Gasteiger partial charge in [0.15, 0.2) is 0 Å². The molecule has 0 aliphatic heterocycles. The Balaban J connectivity index is 2.14. The van der Waals surface area contributed by atoms with Crippen LogP contribution in [0.25, 0.3) is 0 Å². The second kappa shape index (κ2) is 6.46. The van der Waals surface area contributed by atoms with Crippen LogP contribution in [0.2, 0.25) is 0 Å². The van der Waals surface area contributed by atoms with Gasteiger partial charge in [-0.2, -0.15) is 0 Å². The molecule has 0 aromatic carbocycles. The number of aromatic nitrogens is 3. The Morgan fingerprint density at radius 2 is 1.90 bits per heavy atom. The van der Waals surface area contributed by atoms with Crippen LogP contribution in [0.3, 0.4) is 0 Å². The van der Waals surface area contributed by atoms with Gasteiger partial charge in [0.1, 0.15) is 11.6 Å². The number of nitrogens with zero attached hydrogens (tertiary/aromatic N) is 4. The van der Waals surface area contributed by atoms with Crippen LogP contribution in [-0.4, -0.2) is 22.0 Å². The third-order valence-corrected chi connectivity index (χ3v) is 3.29. The van der Waals surface area contributed by atoms with Crippen molar-refractivity contribution in [3.8, 4) is 0 Å². The third-order valence-electron chi connectivity index (χ3n) is 3.29. The van der Waals surface area contributed by atoms with Crippen molar-refractivity contribution < 1.29 is 0 Å². The first kappa shape index (κ1) is 14.4. The highest BCUT2D eigenvalue weighted by atomic mass is 15.2. The van der Waals surface area contributed by atoms with E-state index < -0.39 is 0 Å². The Labute approximate surface area is 120 Å². The van der Waals surface area contributed by atoms with Crippen LogP contribution in [-0.2, 0) is 19.4 Å². The third kappa shape index (κ3) is 3.53. The average molecular weight is 270 g/mol. The molecule has 0 fully saturated rings. The van der Waals surface area contributed by atoms with Crippen molar-refractivity contribution in [1.82, 2.24) is 15.0 Å². The van der Waals surface area contributed by atoms with Crippen molar-refractivity contribution in [1.29, 1.82) is 0 Å². The lowest BCUT2D eigenvalue weighted by Gasteiger charge is -2.18. The minimum Gasteiger partial charge on any atom is -0.354 e. The van der Waals surface area contributed by atoms with E-state index in [1.807, 2.05) is 26.2 Å². The number of hydrogen-bond acceptors (Lipinski definition) is 4. The molecule has 0 bridgehead atoms. The molecule has 0 unspecified atom stereocenters. The van der Waals surface area contributed by atoms with Crippen LogP contribution in [0, 0.1) is 6.92 Å². The lowest BCUT2D eigenvalue weighted by molar-refractivity contribution is 0.830. The zero-order valence-electron chi connectivity index (χ0n) is 12.7. The largest absolute Gasteiger partial charge is 0.354 e. The normalized spacial score (nSPS) is 10.6. The summed E-state index contributed by atoms with van der Waals surface area (Å²) >= 11 is 0. The molecule has 4 heteroatoms. The molecule has 0 N–H and O–H groups in total. The Morgan fingerprint density at radius 1 is 1.10 bits per heavy atom. The molecule has 0 saturated carbocycles. The summed E-state index contributed by atoms with van der Waals surface area (Å²) in [5.41, 5.74) is 3.33. The number of pyridine rings is 1. The molecule has 4 nitrogen and oxygen atoms in total. The van der Waals surface area contributed by atoms with Crippen LogP contribution in [0.1, 0.15) is 36.6 Å². The molecule has 0 saturated heterocycles. The molecule has 0 atom stereocenters. The Morgan fingerprint density at radius 3 is 2.50 bits per heavy atom. The van der Waals surface area contributed by atoms with Crippen LogP contribution < -0.4 is 4.90 Å². The fourth-order valence-corrected chi connectivity index (χ4v) is 2.05. The maximum atomic E-state index is 4.57. The minimum absolute atomic E-state index is 0.754. The standard InChI is InChI=1S/C16H22N4/c1-5-13-7-8-14(17-10-13)11-20(4)16-9-12(3)18-15(6-2)19-16/h7-10H,5-6,11H2,1-4H3. The van der Waals surface area contributed by atoms with Crippen LogP contribution in [0.15, 0.2) is 24.4 Å². The number of hydrogen-bond donors (Lipinski definition) is 0. The summed E-state index contributed by atoms with van der Waals surface area (Å²) in [5, 5.41) is 0. The van der Waals surface area contributed by atoms with Crippen molar-refractivity contribution in [3.05, 3.63) is 47.2 Å². The molecule has 2 heterocycles. The highest BCUT2D eigenvalue weighted by Crippen LogP contribution is 2.14. The summed E-state index contributed by atoms with van der Waals surface area (Å²) in [7, 11) is 2.04. The fourth-order valence-electron chi connectivity index (χ4n) is 2.05. The van der Waals surface area contributed by atoms with Gasteiger partial charge in [-0.05, 0) is 25.0 Å². The number of aryl methyl sites for hydroxylation is 3. The molecule has 0 radical (unpaired) electrons. The molecule has 0 aliphatic carbocycles. The number of rotatable bonds is 5. The minimum atomic E-state index is 0.754. The molecule has 2 aromatic heterocycles. The fraction of sp³-hybridized carbons (Fsp3) is 0.438. The Hall–Kier alpha value is -1.97. The van der Waals surface area contributed by atoms with Crippen LogP contribution in [0.5, 0.6) is 0 Å². The van der Waals surface area contributed by atoms with Gasteiger partial charge in [0.05, 0.1) is 12.2 Å². The zero-order chi connectivity index (χ0) is 14.5. The summed E-state index contributed by atoms with van der Waals surface area (Å²) in [4.78, 5) is 15.6. The van der Waals surface area contributed by atoms with E-state index in [1.165, 1.54) is 5.56 Å². The van der Waals surface area contributed by atoms with Crippen molar-refractivity contribution >= 4 is 5.82 Å². The first-order valence-electron chi connectivity index (χ1n) is 7.11. The quantitative estimate of drug-likeness (QED) is 0.837. The van der Waals surface area contributed by atoms with Crippen molar-refractivity contribution in [3.63, 3.8) is 0 Å². The summed E-state index contributed by atoms with van der Waals surface area (Å²) in [5.74, 6) is 1.84. The van der Waals surface area contributed by atoms with Crippen molar-refractivity contribution in [2.75, 3.05) is 11.9 Å². The predicted octanol–water partition coefficient (Wildman–Crippen LogP) is 2.94. The van der Waals surface area contributed by atoms with Gasteiger partial charge >= 0.3 is 0 Å². The van der Waals surface area contributed by atoms with Gasteiger partial charge in [-0.15, -0.1) is 0 Å². The van der Waals surface area contributed by atoms with Crippen molar-refractivity contribution in [2.24, 2.45) is 0 Å². The maximum absolute atomic E-state index is 4.57. The smallest absolute Gasteiger partial charge is 0.132 e. The molecule has 2 aromatic rings. The van der Waals surface area contributed by atoms with E-state index >= 15 is 0 Å². The number of anilines is 1. The summed E-state index contributed by atoms with van der Waals surface area (Å²) in [6.07, 6.45) is 3.83. The first-order valence-corrected chi connectivity index (χ1v) is 7.11. The van der Waals surface area contributed by atoms with E-state index in [0.717, 1.165) is 42.4 Å². The molecule has 0 spiro atoms. The Kier molecular flexibility index (Phi) is 4.66. The highest BCUT2D eigenvalue weighted by molar-refractivity contribution is 5.39. The molecule has 106 valence electrons. The van der Waals surface area contributed by atoms with E-state index in [-0.39, 0.29) is 0 Å². The lowest BCUT2D eigenvalue weighted by Crippen LogP contribution is -2.19. The monoisotopic (exact) mass is 270 g/mol. The molecule has 20 heavy (non-hydrogen) atoms. The average Bonchev–Trinajstić information content (AvgIpc) is 2.47. The SMILES string of the molecule is CCc1ccc(CN(C)c2cc(C)nc(CC)n2)nc1. The molecule has 0 aliphatic rings. The van der Waals surface area contributed by atoms with E-state index in [4.69, 9.17) is 0 Å². The van der Waals surface area contributed by atoms with Gasteiger partial charge in [0, 0.05) is 31.4 Å². The molecular weight excluding hydrogens is 248 g/mol. The summed E-state index contributed by atoms with van der Waals surface area (Å²) in [6, 6.07) is 6.24. The second-order valence-corrected chi connectivity index (χ2v) is 5.00. The van der Waals surface area contributed by atoms with Gasteiger partial charge in [-0.25, -0.2) is 9.97 Å². The van der Waals surface area contributed by atoms with Crippen LogP contribution in [0.4, 0.5) is 5.82 Å². The second-order valence-electron chi connectivity index (χ2n) is 5.00. The van der Waals surface area contributed by atoms with Crippen molar-refractivity contribution in [2.45, 2.75) is 40.2 Å². The van der Waals surface area contributed by atoms with Gasteiger partial charge in [-0.1, -0.05) is 19.9 Å². The van der Waals surface area contributed by atoms with Gasteiger partial charge < -0.3 is 4.90 Å². The topological polar surface area (TPSA) is 41.9 Å². The van der Waals surface area contributed by atoms with Crippen LogP contribution >= 0.6 is 0 Å². The summed E-state index contributed by atoms with van der Waals surface area (Å²) < 4.78 is 0. The molecular formula is C16H22N4. The van der Waals surface area contributed by atoms with Gasteiger partial charge in [-0.3, -0.25) is 4.98 Å².